The fraction of sp³-hybridized carbons (Fsp3) is 0.115. The Labute approximate surface area is 184 Å². The van der Waals surface area contributed by atoms with Crippen molar-refractivity contribution < 1.29 is 0 Å². The van der Waals surface area contributed by atoms with Gasteiger partial charge in [0.15, 0.2) is 5.65 Å². The molecule has 32 heavy (non-hydrogen) atoms. The van der Waals surface area contributed by atoms with Crippen LogP contribution in [0.3, 0.4) is 0 Å². The molecule has 2 N–H and O–H groups in total. The summed E-state index contributed by atoms with van der Waals surface area (Å²) < 4.78 is 1.83. The van der Waals surface area contributed by atoms with Gasteiger partial charge in [0.05, 0.1) is 5.52 Å². The Kier molecular flexibility index (Phi) is 4.35. The van der Waals surface area contributed by atoms with Gasteiger partial charge in [0, 0.05) is 34.6 Å². The molecule has 3 heterocycles. The Bertz CT molecular complexity index is 1560. The molecule has 0 atom stereocenters. The number of aryl methyl sites for hydroxylation is 1. The third-order valence-electron chi connectivity index (χ3n) is 5.94. The van der Waals surface area contributed by atoms with E-state index in [1.54, 1.807) is 0 Å². The van der Waals surface area contributed by atoms with Crippen LogP contribution in [0.4, 0.5) is 5.82 Å². The molecule has 0 saturated heterocycles. The Balaban J connectivity index is 1.38. The molecule has 0 fully saturated rings. The van der Waals surface area contributed by atoms with Gasteiger partial charge in [0.2, 0.25) is 0 Å². The van der Waals surface area contributed by atoms with Crippen molar-refractivity contribution in [3.05, 3.63) is 90.1 Å². The van der Waals surface area contributed by atoms with E-state index in [1.165, 1.54) is 22.0 Å². The van der Waals surface area contributed by atoms with Gasteiger partial charge in [0.25, 0.3) is 0 Å². The minimum Gasteiger partial charge on any atom is -0.369 e. The molecule has 6 nitrogen and oxygen atoms in total. The fourth-order valence-corrected chi connectivity index (χ4v) is 4.25. The summed E-state index contributed by atoms with van der Waals surface area (Å²) in [4.78, 5) is 8.32. The number of para-hydroxylation sites is 2. The van der Waals surface area contributed by atoms with Gasteiger partial charge < -0.3 is 10.3 Å². The van der Waals surface area contributed by atoms with E-state index < -0.39 is 0 Å². The minimum atomic E-state index is 0.752. The van der Waals surface area contributed by atoms with Gasteiger partial charge in [-0.05, 0) is 37.1 Å². The molecular weight excluding hydrogens is 396 g/mol. The summed E-state index contributed by atoms with van der Waals surface area (Å²) in [6.07, 6.45) is 2.99. The van der Waals surface area contributed by atoms with Crippen molar-refractivity contribution in [1.29, 1.82) is 0 Å². The van der Waals surface area contributed by atoms with E-state index in [0.717, 1.165) is 46.6 Å². The number of anilines is 1. The van der Waals surface area contributed by atoms with Crippen molar-refractivity contribution in [1.82, 2.24) is 24.8 Å². The van der Waals surface area contributed by atoms with Crippen LogP contribution >= 0.6 is 0 Å². The maximum atomic E-state index is 4.96. The van der Waals surface area contributed by atoms with Crippen molar-refractivity contribution in [2.45, 2.75) is 13.3 Å². The number of nitrogens with zero attached hydrogens (tertiary/aromatic N) is 4. The van der Waals surface area contributed by atoms with Gasteiger partial charge in [-0.2, -0.15) is 4.52 Å². The predicted molar refractivity (Wildman–Crippen MR) is 129 cm³/mol. The first-order valence-electron chi connectivity index (χ1n) is 10.8. The molecule has 6 rings (SSSR count). The smallest absolute Gasteiger partial charge is 0.186 e. The number of hydrogen-bond donors (Lipinski definition) is 2. The molecule has 0 aliphatic rings. The van der Waals surface area contributed by atoms with Gasteiger partial charge in [-0.15, -0.1) is 5.10 Å². The first-order chi connectivity index (χ1) is 15.8. The Morgan fingerprint density at radius 1 is 0.906 bits per heavy atom. The number of aromatic amines is 1. The number of benzene rings is 3. The quantitative estimate of drug-likeness (QED) is 0.394. The van der Waals surface area contributed by atoms with Crippen LogP contribution in [0.1, 0.15) is 11.1 Å². The number of nitrogens with one attached hydrogen (secondary N) is 2. The molecule has 0 aliphatic heterocycles. The van der Waals surface area contributed by atoms with E-state index >= 15 is 0 Å². The molecule has 0 bridgehead atoms. The molecule has 3 aromatic carbocycles. The highest BCUT2D eigenvalue weighted by Crippen LogP contribution is 2.28. The number of hydrogen-bond acceptors (Lipinski definition) is 4. The normalized spacial score (nSPS) is 11.5. The lowest BCUT2D eigenvalue weighted by Gasteiger charge is -2.10. The van der Waals surface area contributed by atoms with Gasteiger partial charge in [0.1, 0.15) is 11.5 Å². The topological polar surface area (TPSA) is 70.9 Å². The van der Waals surface area contributed by atoms with E-state index in [-0.39, 0.29) is 0 Å². The lowest BCUT2D eigenvalue weighted by molar-refractivity contribution is 0.876. The lowest BCUT2D eigenvalue weighted by atomic mass is 10.1. The van der Waals surface area contributed by atoms with E-state index in [9.17, 15) is 0 Å². The molecule has 0 saturated carbocycles. The molecule has 3 aromatic heterocycles. The summed E-state index contributed by atoms with van der Waals surface area (Å²) in [6.45, 7) is 2.85. The molecular formula is C26H22N6. The van der Waals surface area contributed by atoms with Crippen LogP contribution in [0.15, 0.2) is 79.0 Å². The van der Waals surface area contributed by atoms with Crippen LogP contribution < -0.4 is 5.32 Å². The number of aromatic nitrogens is 5. The molecule has 0 unspecified atom stereocenters. The molecule has 0 amide bonds. The van der Waals surface area contributed by atoms with Crippen molar-refractivity contribution in [2.75, 3.05) is 11.9 Å². The standard InChI is InChI=1S/C26H22N6/c1-17-10-12-18(13-11-17)24-26-29-25(21-7-3-5-9-23(21)32(26)31-30-24)27-15-14-19-16-28-22-8-4-2-6-20(19)22/h2-13,16,28H,14-15H2,1H3,(H,27,29). The highest BCUT2D eigenvalue weighted by atomic mass is 15.4. The summed E-state index contributed by atoms with van der Waals surface area (Å²) in [7, 11) is 0. The molecule has 0 spiro atoms. The summed E-state index contributed by atoms with van der Waals surface area (Å²) >= 11 is 0. The molecule has 0 radical (unpaired) electrons. The van der Waals surface area contributed by atoms with Gasteiger partial charge >= 0.3 is 0 Å². The third kappa shape index (κ3) is 3.08. The average molecular weight is 419 g/mol. The second-order valence-electron chi connectivity index (χ2n) is 8.05. The first kappa shape index (κ1) is 18.6. The van der Waals surface area contributed by atoms with Crippen LogP contribution in [0.25, 0.3) is 38.7 Å². The predicted octanol–water partition coefficient (Wildman–Crippen LogP) is 5.39. The van der Waals surface area contributed by atoms with Crippen LogP contribution in [0.5, 0.6) is 0 Å². The average Bonchev–Trinajstić information content (AvgIpc) is 3.44. The van der Waals surface area contributed by atoms with E-state index in [2.05, 4.69) is 94.4 Å². The second-order valence-corrected chi connectivity index (χ2v) is 8.05. The highest BCUT2D eigenvalue weighted by molar-refractivity contribution is 5.93. The van der Waals surface area contributed by atoms with Crippen LogP contribution in [-0.2, 0) is 6.42 Å². The van der Waals surface area contributed by atoms with Crippen molar-refractivity contribution in [2.24, 2.45) is 0 Å². The van der Waals surface area contributed by atoms with Gasteiger partial charge in [-0.1, -0.05) is 65.4 Å². The summed E-state index contributed by atoms with van der Waals surface area (Å²) in [5.41, 5.74) is 7.21. The maximum Gasteiger partial charge on any atom is 0.186 e. The Hall–Kier alpha value is -4.19. The van der Waals surface area contributed by atoms with Crippen LogP contribution in [0, 0.1) is 6.92 Å². The largest absolute Gasteiger partial charge is 0.369 e. The lowest BCUT2D eigenvalue weighted by Crippen LogP contribution is -2.08. The zero-order chi connectivity index (χ0) is 21.5. The number of fused-ring (bicyclic) bond motifs is 4. The molecule has 0 aliphatic carbocycles. The van der Waals surface area contributed by atoms with Crippen LogP contribution in [0.2, 0.25) is 0 Å². The monoisotopic (exact) mass is 418 g/mol. The zero-order valence-electron chi connectivity index (χ0n) is 17.7. The minimum absolute atomic E-state index is 0.752. The van der Waals surface area contributed by atoms with E-state index in [4.69, 9.17) is 4.98 Å². The van der Waals surface area contributed by atoms with Crippen molar-refractivity contribution in [3.8, 4) is 11.3 Å². The molecule has 6 heteroatoms. The SMILES string of the molecule is Cc1ccc(-c2nnn3c2nc(NCCc2c[nH]c4ccccc24)c2ccccc23)cc1. The zero-order valence-corrected chi connectivity index (χ0v) is 17.7. The summed E-state index contributed by atoms with van der Waals surface area (Å²) in [5, 5.41) is 14.7. The summed E-state index contributed by atoms with van der Waals surface area (Å²) in [5.74, 6) is 0.851. The maximum absolute atomic E-state index is 4.96. The molecule has 156 valence electrons. The fourth-order valence-electron chi connectivity index (χ4n) is 4.25. The van der Waals surface area contributed by atoms with E-state index in [0.29, 0.717) is 0 Å². The third-order valence-corrected chi connectivity index (χ3v) is 5.94. The second kappa shape index (κ2) is 7.50. The number of H-pyrrole nitrogens is 1. The van der Waals surface area contributed by atoms with E-state index in [1.807, 2.05) is 16.6 Å². The Morgan fingerprint density at radius 3 is 2.56 bits per heavy atom. The van der Waals surface area contributed by atoms with Gasteiger partial charge in [-0.25, -0.2) is 4.98 Å². The van der Waals surface area contributed by atoms with Crippen molar-refractivity contribution in [3.63, 3.8) is 0 Å². The Morgan fingerprint density at radius 2 is 1.69 bits per heavy atom. The number of rotatable bonds is 5. The molecule has 6 aromatic rings. The summed E-state index contributed by atoms with van der Waals surface area (Å²) in [6, 6.07) is 24.9. The van der Waals surface area contributed by atoms with Crippen LogP contribution in [-0.4, -0.2) is 31.3 Å². The highest BCUT2D eigenvalue weighted by Gasteiger charge is 2.15. The first-order valence-corrected chi connectivity index (χ1v) is 10.8. The van der Waals surface area contributed by atoms with Gasteiger partial charge in [-0.3, -0.25) is 0 Å². The van der Waals surface area contributed by atoms with Crippen molar-refractivity contribution >= 4 is 33.3 Å².